The van der Waals surface area contributed by atoms with E-state index in [4.69, 9.17) is 10.6 Å². The van der Waals surface area contributed by atoms with Gasteiger partial charge in [-0.3, -0.25) is 28.5 Å². The van der Waals surface area contributed by atoms with E-state index in [2.05, 4.69) is 20.8 Å². The number of aliphatic carboxylic acids is 1. The molecule has 1 saturated heterocycles. The minimum absolute atomic E-state index is 0.0252. The molecule has 2 aromatic heterocycles. The van der Waals surface area contributed by atoms with Crippen LogP contribution in [0.3, 0.4) is 0 Å². The van der Waals surface area contributed by atoms with Crippen molar-refractivity contribution in [2.45, 2.75) is 38.3 Å². The Labute approximate surface area is 285 Å². The number of oxime groups is 1. The second-order valence-electron chi connectivity index (χ2n) is 11.2. The Morgan fingerprint density at radius 2 is 1.88 bits per heavy atom. The molecule has 266 valence electrons. The molecule has 0 aliphatic carbocycles. The average Bonchev–Trinajstić information content (AvgIpc) is 3.44. The molecule has 4 rings (SSSR count). The van der Waals surface area contributed by atoms with E-state index in [0.29, 0.717) is 17.8 Å². The summed E-state index contributed by atoms with van der Waals surface area (Å²) in [6, 6.07) is 5.10. The number of hydrogen-bond donors (Lipinski definition) is 7. The van der Waals surface area contributed by atoms with Crippen LogP contribution in [-0.4, -0.2) is 95.8 Å². The maximum absolute atomic E-state index is 13.3. The van der Waals surface area contributed by atoms with Crippen LogP contribution in [0.5, 0.6) is 5.75 Å². The van der Waals surface area contributed by atoms with E-state index in [9.17, 15) is 57.2 Å². The third kappa shape index (κ3) is 8.40. The van der Waals surface area contributed by atoms with Crippen LogP contribution in [0.15, 0.2) is 51.9 Å². The number of nitrogen functional groups attached to an aromatic ring is 1. The number of carboxylic acids is 1. The molecule has 0 unspecified atom stereocenters. The standard InChI is InChI=1S/C28H29N7O13S2/c1-28(2,26(42)43)48-33-23(16-12-49-27(29)32-16)20(37)8-15-18(35(25(15)41)50(45,46)47)10-30-22(39)7-13-4-3-5-14(6-13)31-24(40)17-9-19(36)21(38)11-34(17)44/h3-6,9,11-12,15,18,38,44H,7-8,10H2,1-2H3,(H2,29,32)(H,30,39)(H,31,40)(H,42,43)(H,45,46,47)/b33-23-/t15-,18+/m0/s1. The van der Waals surface area contributed by atoms with Crippen molar-refractivity contribution in [2.24, 2.45) is 11.1 Å². The number of pyridine rings is 1. The van der Waals surface area contributed by atoms with Gasteiger partial charge in [0.25, 0.3) is 5.91 Å². The van der Waals surface area contributed by atoms with Gasteiger partial charge in [-0.05, 0) is 31.5 Å². The Kier molecular flexibility index (Phi) is 10.6. The van der Waals surface area contributed by atoms with E-state index in [1.165, 1.54) is 29.6 Å². The van der Waals surface area contributed by atoms with Crippen LogP contribution in [0.4, 0.5) is 10.8 Å². The number of hydrogen-bond acceptors (Lipinski definition) is 15. The quantitative estimate of drug-likeness (QED) is 0.0365. The number of nitrogens with zero attached hydrogens (tertiary/aromatic N) is 4. The molecule has 50 heavy (non-hydrogen) atoms. The van der Waals surface area contributed by atoms with Crippen molar-refractivity contribution in [1.29, 1.82) is 0 Å². The van der Waals surface area contributed by atoms with Crippen LogP contribution in [0, 0.1) is 5.92 Å². The summed E-state index contributed by atoms with van der Waals surface area (Å²) in [5.41, 5.74) is 2.24. The lowest BCUT2D eigenvalue weighted by atomic mass is 9.84. The molecule has 2 atom stereocenters. The van der Waals surface area contributed by atoms with Crippen molar-refractivity contribution >= 4 is 67.6 Å². The zero-order valence-corrected chi connectivity index (χ0v) is 27.6. The van der Waals surface area contributed by atoms with E-state index in [1.807, 2.05) is 0 Å². The second kappa shape index (κ2) is 14.3. The van der Waals surface area contributed by atoms with Crippen molar-refractivity contribution in [3.63, 3.8) is 0 Å². The van der Waals surface area contributed by atoms with Crippen LogP contribution in [0.2, 0.25) is 0 Å². The summed E-state index contributed by atoms with van der Waals surface area (Å²) in [4.78, 5) is 83.7. The van der Waals surface area contributed by atoms with Gasteiger partial charge in [-0.15, -0.1) is 11.3 Å². The Hall–Kier alpha value is -5.87. The highest BCUT2D eigenvalue weighted by Gasteiger charge is 2.54. The summed E-state index contributed by atoms with van der Waals surface area (Å²) in [6.07, 6.45) is -0.399. The summed E-state index contributed by atoms with van der Waals surface area (Å²) in [6.45, 7) is 1.79. The fourth-order valence-electron chi connectivity index (χ4n) is 4.54. The summed E-state index contributed by atoms with van der Waals surface area (Å²) in [7, 11) is -5.12. The van der Waals surface area contributed by atoms with E-state index in [0.717, 1.165) is 25.2 Å². The number of nitrogens with two attached hydrogens (primary N) is 1. The number of rotatable bonds is 14. The number of carbonyl (C=O) groups is 5. The minimum atomic E-state index is -5.12. The number of β-lactam (4-membered cyclic amide) rings is 1. The number of carbonyl (C=O) groups excluding carboxylic acids is 4. The fraction of sp³-hybridized carbons (Fsp3) is 0.286. The molecule has 1 aromatic carbocycles. The largest absolute Gasteiger partial charge is 0.503 e. The van der Waals surface area contributed by atoms with Gasteiger partial charge in [0.15, 0.2) is 22.4 Å². The molecule has 0 saturated carbocycles. The Morgan fingerprint density at radius 1 is 1.18 bits per heavy atom. The number of anilines is 2. The smallest absolute Gasteiger partial charge is 0.362 e. The first kappa shape index (κ1) is 37.0. The van der Waals surface area contributed by atoms with E-state index in [1.54, 1.807) is 0 Å². The monoisotopic (exact) mass is 735 g/mol. The Balaban J connectivity index is 1.46. The zero-order valence-electron chi connectivity index (χ0n) is 26.0. The van der Waals surface area contributed by atoms with Gasteiger partial charge in [-0.1, -0.05) is 17.3 Å². The second-order valence-corrected chi connectivity index (χ2v) is 13.4. The summed E-state index contributed by atoms with van der Waals surface area (Å²) < 4.78 is 34.0. The van der Waals surface area contributed by atoms with Gasteiger partial charge in [0.2, 0.25) is 22.8 Å². The third-order valence-corrected chi connectivity index (χ3v) is 8.79. The van der Waals surface area contributed by atoms with Gasteiger partial charge in [0, 0.05) is 30.1 Å². The van der Waals surface area contributed by atoms with Gasteiger partial charge in [-0.25, -0.2) is 14.1 Å². The molecular formula is C28H29N7O13S2. The SMILES string of the molecule is CC(C)(O/N=C(\C(=O)C[C@@H]1C(=O)N(S(=O)(=O)O)[C@@H]1CNC(=O)Cc1cccc(NC(=O)c2cc(=O)c(O)cn2O)c1)c1csc(N)n1)C(=O)O. The lowest BCUT2D eigenvalue weighted by Crippen LogP contribution is -2.66. The predicted molar refractivity (Wildman–Crippen MR) is 172 cm³/mol. The highest BCUT2D eigenvalue weighted by Crippen LogP contribution is 2.32. The van der Waals surface area contributed by atoms with E-state index >= 15 is 0 Å². The number of aromatic nitrogens is 2. The van der Waals surface area contributed by atoms with Crippen molar-refractivity contribution in [3.05, 3.63) is 69.1 Å². The maximum Gasteiger partial charge on any atom is 0.362 e. The highest BCUT2D eigenvalue weighted by molar-refractivity contribution is 7.84. The molecular weight excluding hydrogens is 706 g/mol. The minimum Gasteiger partial charge on any atom is -0.503 e. The third-order valence-electron chi connectivity index (χ3n) is 7.17. The average molecular weight is 736 g/mol. The summed E-state index contributed by atoms with van der Waals surface area (Å²) in [5.74, 6) is -7.27. The van der Waals surface area contributed by atoms with Crippen molar-refractivity contribution in [2.75, 3.05) is 17.6 Å². The van der Waals surface area contributed by atoms with Crippen LogP contribution < -0.4 is 21.8 Å². The summed E-state index contributed by atoms with van der Waals surface area (Å²) >= 11 is 0.925. The van der Waals surface area contributed by atoms with Gasteiger partial charge >= 0.3 is 16.3 Å². The van der Waals surface area contributed by atoms with Crippen molar-refractivity contribution < 1.29 is 57.2 Å². The van der Waals surface area contributed by atoms with Gasteiger partial charge in [0.1, 0.15) is 11.4 Å². The molecule has 3 heterocycles. The Morgan fingerprint density at radius 3 is 2.50 bits per heavy atom. The lowest BCUT2D eigenvalue weighted by Gasteiger charge is -2.44. The zero-order chi connectivity index (χ0) is 37.1. The number of nitrogens with one attached hydrogen (secondary N) is 2. The number of aromatic hydroxyl groups is 1. The number of carboxylic acid groups (broad SMARTS) is 1. The lowest BCUT2D eigenvalue weighted by molar-refractivity contribution is -0.161. The topological polar surface area (TPSA) is 310 Å². The molecule has 3 amide bonds. The van der Waals surface area contributed by atoms with Crippen LogP contribution in [-0.2, 0) is 40.7 Å². The number of ketones is 1. The number of amides is 3. The molecule has 3 aromatic rings. The molecule has 8 N–H and O–H groups in total. The van der Waals surface area contributed by atoms with Crippen LogP contribution in [0.1, 0.15) is 42.0 Å². The highest BCUT2D eigenvalue weighted by atomic mass is 32.2. The summed E-state index contributed by atoms with van der Waals surface area (Å²) in [5, 5.41) is 38.4. The molecule has 0 spiro atoms. The van der Waals surface area contributed by atoms with Crippen molar-refractivity contribution in [3.8, 4) is 5.75 Å². The first-order valence-corrected chi connectivity index (χ1v) is 16.4. The van der Waals surface area contributed by atoms with Crippen molar-refractivity contribution in [1.82, 2.24) is 19.3 Å². The normalized spacial score (nSPS) is 16.3. The number of benzene rings is 1. The number of thiazole rings is 1. The fourth-order valence-corrected chi connectivity index (χ4v) is 6.02. The molecule has 1 aliphatic heterocycles. The molecule has 20 nitrogen and oxygen atoms in total. The molecule has 22 heteroatoms. The Bertz CT molecular complexity index is 2070. The van der Waals surface area contributed by atoms with Gasteiger partial charge in [0.05, 0.1) is 24.6 Å². The maximum atomic E-state index is 13.3. The first-order valence-electron chi connectivity index (χ1n) is 14.1. The van der Waals surface area contributed by atoms with E-state index in [-0.39, 0.29) is 32.0 Å². The number of Topliss-reactive ketones (excluding diaryl/α,β-unsaturated/α-hetero) is 1. The molecule has 0 bridgehead atoms. The molecule has 1 aliphatic rings. The molecule has 1 fully saturated rings. The molecule has 0 radical (unpaired) electrons. The van der Waals surface area contributed by atoms with Gasteiger partial charge < -0.3 is 36.6 Å². The van der Waals surface area contributed by atoms with E-state index < -0.39 is 92.9 Å². The predicted octanol–water partition coefficient (Wildman–Crippen LogP) is -0.386. The first-order chi connectivity index (χ1) is 23.3. The van der Waals surface area contributed by atoms with Crippen LogP contribution >= 0.6 is 11.3 Å². The van der Waals surface area contributed by atoms with Gasteiger partial charge in [-0.2, -0.15) is 13.1 Å². The van der Waals surface area contributed by atoms with Crippen LogP contribution in [0.25, 0.3) is 0 Å².